The van der Waals surface area contributed by atoms with Gasteiger partial charge in [-0.25, -0.2) is 0 Å². The van der Waals surface area contributed by atoms with Crippen LogP contribution in [0.2, 0.25) is 0 Å². The first-order chi connectivity index (χ1) is 8.56. The predicted octanol–water partition coefficient (Wildman–Crippen LogP) is 3.57. The van der Waals surface area contributed by atoms with E-state index in [0.717, 1.165) is 30.3 Å². The monoisotopic (exact) mass is 251 g/mol. The number of aryl methyl sites for hydroxylation is 1. The van der Waals surface area contributed by atoms with Gasteiger partial charge in [-0.15, -0.1) is 0 Å². The van der Waals surface area contributed by atoms with Crippen LogP contribution in [-0.2, 0) is 4.74 Å². The first kappa shape index (κ1) is 13.6. The minimum Gasteiger partial charge on any atom is -0.464 e. The van der Waals surface area contributed by atoms with Gasteiger partial charge in [0.2, 0.25) is 0 Å². The maximum absolute atomic E-state index is 6.18. The molecule has 0 bridgehead atoms. The number of hydrogen-bond donors (Lipinski definition) is 1. The third kappa shape index (κ3) is 3.36. The Bertz CT molecular complexity index is 364. The van der Waals surface area contributed by atoms with E-state index < -0.39 is 0 Å². The minimum absolute atomic E-state index is 0.0464. The Kier molecular flexibility index (Phi) is 4.46. The highest BCUT2D eigenvalue weighted by atomic mass is 16.5. The molecule has 1 fully saturated rings. The third-order valence-corrected chi connectivity index (χ3v) is 3.82. The van der Waals surface area contributed by atoms with Gasteiger partial charge in [0.05, 0.1) is 6.10 Å². The Balaban J connectivity index is 1.99. The standard InChI is InChI=1S/C15H25NO2/c1-10-4-7-13(8-5-10)18-15(12(3)16)14-9-6-11(2)17-14/h6,9-10,12-13,15H,4-5,7-8,16H2,1-3H3. The average molecular weight is 251 g/mol. The van der Waals surface area contributed by atoms with E-state index in [9.17, 15) is 0 Å². The fraction of sp³-hybridized carbons (Fsp3) is 0.733. The van der Waals surface area contributed by atoms with Crippen molar-refractivity contribution in [1.29, 1.82) is 0 Å². The second kappa shape index (κ2) is 5.89. The minimum atomic E-state index is -0.114. The molecule has 0 amide bonds. The molecular formula is C15H25NO2. The molecule has 18 heavy (non-hydrogen) atoms. The molecule has 3 heteroatoms. The molecule has 1 heterocycles. The molecule has 0 saturated heterocycles. The van der Waals surface area contributed by atoms with Crippen LogP contribution < -0.4 is 5.73 Å². The van der Waals surface area contributed by atoms with Gasteiger partial charge < -0.3 is 14.9 Å². The van der Waals surface area contributed by atoms with Crippen LogP contribution in [0.4, 0.5) is 0 Å². The van der Waals surface area contributed by atoms with Crippen molar-refractivity contribution in [3.8, 4) is 0 Å². The maximum Gasteiger partial charge on any atom is 0.134 e. The lowest BCUT2D eigenvalue weighted by molar-refractivity contribution is -0.0550. The van der Waals surface area contributed by atoms with Crippen molar-refractivity contribution in [2.45, 2.75) is 64.7 Å². The van der Waals surface area contributed by atoms with Gasteiger partial charge in [-0.3, -0.25) is 0 Å². The molecule has 0 aliphatic heterocycles. The lowest BCUT2D eigenvalue weighted by atomic mass is 9.89. The van der Waals surface area contributed by atoms with E-state index in [4.69, 9.17) is 14.9 Å². The molecule has 1 aliphatic carbocycles. The van der Waals surface area contributed by atoms with Crippen molar-refractivity contribution >= 4 is 0 Å². The van der Waals surface area contributed by atoms with Crippen LogP contribution in [0, 0.1) is 12.8 Å². The van der Waals surface area contributed by atoms with Crippen LogP contribution in [0.25, 0.3) is 0 Å². The van der Waals surface area contributed by atoms with Crippen LogP contribution >= 0.6 is 0 Å². The van der Waals surface area contributed by atoms with Crippen LogP contribution in [0.3, 0.4) is 0 Å². The van der Waals surface area contributed by atoms with Gasteiger partial charge in [-0.1, -0.05) is 6.92 Å². The Morgan fingerprint density at radius 2 is 1.94 bits per heavy atom. The summed E-state index contributed by atoms with van der Waals surface area (Å²) < 4.78 is 11.8. The van der Waals surface area contributed by atoms with E-state index in [1.54, 1.807) is 0 Å². The normalized spacial score (nSPS) is 28.0. The number of ether oxygens (including phenoxy) is 1. The van der Waals surface area contributed by atoms with Crippen LogP contribution in [0.15, 0.2) is 16.5 Å². The summed E-state index contributed by atoms with van der Waals surface area (Å²) in [4.78, 5) is 0. The molecule has 1 aromatic heterocycles. The summed E-state index contributed by atoms with van der Waals surface area (Å²) in [5, 5.41) is 0. The van der Waals surface area contributed by atoms with Gasteiger partial charge in [0, 0.05) is 6.04 Å². The third-order valence-electron chi connectivity index (χ3n) is 3.82. The second-order valence-electron chi connectivity index (χ2n) is 5.75. The van der Waals surface area contributed by atoms with E-state index in [1.165, 1.54) is 12.8 Å². The smallest absolute Gasteiger partial charge is 0.134 e. The zero-order chi connectivity index (χ0) is 13.1. The van der Waals surface area contributed by atoms with Crippen LogP contribution in [0.5, 0.6) is 0 Å². The largest absolute Gasteiger partial charge is 0.464 e. The zero-order valence-electron chi connectivity index (χ0n) is 11.7. The molecule has 1 saturated carbocycles. The van der Waals surface area contributed by atoms with Crippen molar-refractivity contribution in [3.63, 3.8) is 0 Å². The summed E-state index contributed by atoms with van der Waals surface area (Å²) in [6.07, 6.45) is 5.02. The van der Waals surface area contributed by atoms with Crippen molar-refractivity contribution < 1.29 is 9.15 Å². The summed E-state index contributed by atoms with van der Waals surface area (Å²) in [6.45, 7) is 6.24. The molecule has 2 unspecified atom stereocenters. The summed E-state index contributed by atoms with van der Waals surface area (Å²) in [5.41, 5.74) is 6.04. The first-order valence-electron chi connectivity index (χ1n) is 7.03. The summed E-state index contributed by atoms with van der Waals surface area (Å²) in [5.74, 6) is 2.61. The van der Waals surface area contributed by atoms with E-state index in [2.05, 4.69) is 6.92 Å². The molecule has 2 N–H and O–H groups in total. The zero-order valence-corrected chi connectivity index (χ0v) is 11.7. The Morgan fingerprint density at radius 1 is 1.28 bits per heavy atom. The SMILES string of the molecule is Cc1ccc(C(OC2CCC(C)CC2)C(C)N)o1. The van der Waals surface area contributed by atoms with Gasteiger partial charge in [-0.2, -0.15) is 0 Å². The fourth-order valence-corrected chi connectivity index (χ4v) is 2.63. The summed E-state index contributed by atoms with van der Waals surface area (Å²) in [6, 6.07) is 3.90. The van der Waals surface area contributed by atoms with Gasteiger partial charge >= 0.3 is 0 Å². The molecular weight excluding hydrogens is 226 g/mol. The van der Waals surface area contributed by atoms with Crippen LogP contribution in [0.1, 0.15) is 57.2 Å². The van der Waals surface area contributed by atoms with Gasteiger partial charge in [-0.05, 0) is 57.6 Å². The second-order valence-corrected chi connectivity index (χ2v) is 5.75. The highest BCUT2D eigenvalue weighted by molar-refractivity contribution is 5.10. The molecule has 2 atom stereocenters. The fourth-order valence-electron chi connectivity index (χ4n) is 2.63. The highest BCUT2D eigenvalue weighted by Gasteiger charge is 2.27. The Labute approximate surface area is 110 Å². The van der Waals surface area contributed by atoms with E-state index in [0.29, 0.717) is 6.10 Å². The number of rotatable bonds is 4. The Morgan fingerprint density at radius 3 is 2.44 bits per heavy atom. The van der Waals surface area contributed by atoms with E-state index in [-0.39, 0.29) is 12.1 Å². The molecule has 0 spiro atoms. The molecule has 0 radical (unpaired) electrons. The van der Waals surface area contributed by atoms with Crippen molar-refractivity contribution in [3.05, 3.63) is 23.7 Å². The van der Waals surface area contributed by atoms with E-state index in [1.807, 2.05) is 26.0 Å². The Hall–Kier alpha value is -0.800. The summed E-state index contributed by atoms with van der Waals surface area (Å²) in [7, 11) is 0. The lowest BCUT2D eigenvalue weighted by Crippen LogP contribution is -2.31. The molecule has 1 aromatic rings. The molecule has 2 rings (SSSR count). The maximum atomic E-state index is 6.18. The first-order valence-corrected chi connectivity index (χ1v) is 7.03. The summed E-state index contributed by atoms with van der Waals surface area (Å²) >= 11 is 0. The topological polar surface area (TPSA) is 48.4 Å². The predicted molar refractivity (Wildman–Crippen MR) is 72.3 cm³/mol. The number of hydrogen-bond acceptors (Lipinski definition) is 3. The quantitative estimate of drug-likeness (QED) is 0.890. The van der Waals surface area contributed by atoms with Crippen molar-refractivity contribution in [2.75, 3.05) is 0 Å². The molecule has 102 valence electrons. The van der Waals surface area contributed by atoms with Crippen molar-refractivity contribution in [1.82, 2.24) is 0 Å². The molecule has 1 aliphatic rings. The average Bonchev–Trinajstić information content (AvgIpc) is 2.74. The van der Waals surface area contributed by atoms with Crippen LogP contribution in [-0.4, -0.2) is 12.1 Å². The molecule has 3 nitrogen and oxygen atoms in total. The van der Waals surface area contributed by atoms with Gasteiger partial charge in [0.15, 0.2) is 0 Å². The number of nitrogens with two attached hydrogens (primary N) is 1. The molecule has 0 aromatic carbocycles. The van der Waals surface area contributed by atoms with E-state index >= 15 is 0 Å². The highest BCUT2D eigenvalue weighted by Crippen LogP contribution is 2.31. The number of furan rings is 1. The lowest BCUT2D eigenvalue weighted by Gasteiger charge is -2.30. The van der Waals surface area contributed by atoms with Gasteiger partial charge in [0.1, 0.15) is 17.6 Å². The van der Waals surface area contributed by atoms with Crippen molar-refractivity contribution in [2.24, 2.45) is 11.7 Å². The van der Waals surface area contributed by atoms with Gasteiger partial charge in [0.25, 0.3) is 0 Å².